The van der Waals surface area contributed by atoms with Gasteiger partial charge in [-0.1, -0.05) is 0 Å². The largest absolute Gasteiger partial charge is 0.380 e. The Morgan fingerprint density at radius 3 is 2.45 bits per heavy atom. The summed E-state index contributed by atoms with van der Waals surface area (Å²) >= 11 is 6.04. The van der Waals surface area contributed by atoms with Gasteiger partial charge in [0.1, 0.15) is 0 Å². The summed E-state index contributed by atoms with van der Waals surface area (Å²) in [5.41, 5.74) is 0. The van der Waals surface area contributed by atoms with E-state index in [9.17, 15) is 0 Å². The van der Waals surface area contributed by atoms with E-state index in [-0.39, 0.29) is 11.4 Å². The second kappa shape index (κ2) is 6.07. The molecule has 8 heteroatoms. The molecule has 1 atom stereocenters. The van der Waals surface area contributed by atoms with Crippen molar-refractivity contribution in [2.24, 2.45) is 0 Å². The maximum atomic E-state index is 6.04. The highest BCUT2D eigenvalue weighted by Crippen LogP contribution is 2.22. The van der Waals surface area contributed by atoms with E-state index < -0.39 is 0 Å². The van der Waals surface area contributed by atoms with E-state index in [2.05, 4.69) is 24.8 Å². The number of halogens is 1. The predicted molar refractivity (Wildman–Crippen MR) is 75.5 cm³/mol. The van der Waals surface area contributed by atoms with Crippen LogP contribution < -0.4 is 9.80 Å². The van der Waals surface area contributed by atoms with E-state index in [0.717, 1.165) is 32.6 Å². The summed E-state index contributed by atoms with van der Waals surface area (Å²) < 4.78 is 10.7. The number of methoxy groups -OCH3 is 1. The lowest BCUT2D eigenvalue weighted by molar-refractivity contribution is 0.121. The van der Waals surface area contributed by atoms with Crippen LogP contribution >= 0.6 is 11.6 Å². The van der Waals surface area contributed by atoms with Gasteiger partial charge in [0, 0.05) is 33.3 Å². The van der Waals surface area contributed by atoms with E-state index in [1.807, 2.05) is 0 Å². The topological polar surface area (TPSA) is 63.6 Å². The lowest BCUT2D eigenvalue weighted by Crippen LogP contribution is -2.38. The van der Waals surface area contributed by atoms with Crippen LogP contribution in [-0.4, -0.2) is 67.6 Å². The van der Waals surface area contributed by atoms with Crippen molar-refractivity contribution in [3.8, 4) is 0 Å². The smallest absolute Gasteiger partial charge is 0.231 e. The van der Waals surface area contributed by atoms with Crippen LogP contribution in [0.2, 0.25) is 5.28 Å². The molecule has 0 bridgehead atoms. The van der Waals surface area contributed by atoms with Crippen molar-refractivity contribution in [1.29, 1.82) is 0 Å². The number of aromatic nitrogens is 3. The molecule has 2 aliphatic rings. The normalized spacial score (nSPS) is 23.4. The Labute approximate surface area is 122 Å². The molecule has 0 amide bonds. The van der Waals surface area contributed by atoms with Gasteiger partial charge < -0.3 is 19.3 Å². The van der Waals surface area contributed by atoms with Gasteiger partial charge >= 0.3 is 0 Å². The van der Waals surface area contributed by atoms with Crippen LogP contribution in [0, 0.1) is 0 Å². The number of anilines is 2. The minimum absolute atomic E-state index is 0.234. The molecule has 110 valence electrons. The maximum absolute atomic E-state index is 6.04. The van der Waals surface area contributed by atoms with Gasteiger partial charge in [-0.2, -0.15) is 15.0 Å². The van der Waals surface area contributed by atoms with Gasteiger partial charge in [-0.25, -0.2) is 0 Å². The summed E-state index contributed by atoms with van der Waals surface area (Å²) in [6.45, 7) is 4.60. The second-order valence-corrected chi connectivity index (χ2v) is 5.23. The molecule has 3 heterocycles. The van der Waals surface area contributed by atoms with Crippen LogP contribution in [0.3, 0.4) is 0 Å². The first-order chi connectivity index (χ1) is 9.76. The van der Waals surface area contributed by atoms with Crippen LogP contribution in [0.1, 0.15) is 6.42 Å². The summed E-state index contributed by atoms with van der Waals surface area (Å²) in [5.74, 6) is 1.26. The summed E-state index contributed by atoms with van der Waals surface area (Å²) in [4.78, 5) is 17.2. The molecular weight excluding hydrogens is 282 g/mol. The lowest BCUT2D eigenvalue weighted by Gasteiger charge is -2.27. The highest BCUT2D eigenvalue weighted by molar-refractivity contribution is 6.28. The molecule has 0 saturated carbocycles. The van der Waals surface area contributed by atoms with Crippen LogP contribution in [0.25, 0.3) is 0 Å². The Morgan fingerprint density at radius 1 is 1.10 bits per heavy atom. The first kappa shape index (κ1) is 13.8. The van der Waals surface area contributed by atoms with Crippen molar-refractivity contribution in [1.82, 2.24) is 15.0 Å². The van der Waals surface area contributed by atoms with Crippen LogP contribution in [-0.2, 0) is 9.47 Å². The van der Waals surface area contributed by atoms with Crippen molar-refractivity contribution < 1.29 is 9.47 Å². The third kappa shape index (κ3) is 2.94. The second-order valence-electron chi connectivity index (χ2n) is 4.90. The van der Waals surface area contributed by atoms with E-state index >= 15 is 0 Å². The zero-order chi connectivity index (χ0) is 13.9. The van der Waals surface area contributed by atoms with Crippen LogP contribution in [0.5, 0.6) is 0 Å². The fourth-order valence-corrected chi connectivity index (χ4v) is 2.63. The molecule has 3 rings (SSSR count). The SMILES string of the molecule is COC1CCN(c2nc(Cl)nc(N3CCOCC3)n2)C1. The zero-order valence-electron chi connectivity index (χ0n) is 11.5. The fraction of sp³-hybridized carbons (Fsp3) is 0.750. The number of hydrogen-bond acceptors (Lipinski definition) is 7. The third-order valence-corrected chi connectivity index (χ3v) is 3.81. The summed E-state index contributed by atoms with van der Waals surface area (Å²) in [6, 6.07) is 0. The van der Waals surface area contributed by atoms with Gasteiger partial charge in [-0.3, -0.25) is 0 Å². The van der Waals surface area contributed by atoms with E-state index in [0.29, 0.717) is 25.1 Å². The Kier molecular flexibility index (Phi) is 4.18. The maximum Gasteiger partial charge on any atom is 0.231 e. The van der Waals surface area contributed by atoms with E-state index in [4.69, 9.17) is 21.1 Å². The number of hydrogen-bond donors (Lipinski definition) is 0. The standard InChI is InChI=1S/C12H18ClN5O2/c1-19-9-2-3-18(8-9)12-15-10(13)14-11(16-12)17-4-6-20-7-5-17/h9H,2-8H2,1H3. The number of ether oxygens (including phenoxy) is 2. The minimum atomic E-state index is 0.234. The molecule has 2 saturated heterocycles. The van der Waals surface area contributed by atoms with Crippen molar-refractivity contribution in [3.63, 3.8) is 0 Å². The summed E-state index contributed by atoms with van der Waals surface area (Å²) in [6.07, 6.45) is 1.21. The molecule has 1 aromatic rings. The Morgan fingerprint density at radius 2 is 1.80 bits per heavy atom. The predicted octanol–water partition coefficient (Wildman–Crippen LogP) is 0.587. The quantitative estimate of drug-likeness (QED) is 0.809. The zero-order valence-corrected chi connectivity index (χ0v) is 12.2. The van der Waals surface area contributed by atoms with Crippen molar-refractivity contribution in [2.75, 3.05) is 56.3 Å². The molecule has 0 aromatic carbocycles. The molecule has 1 aromatic heterocycles. The van der Waals surface area contributed by atoms with Gasteiger partial charge in [-0.05, 0) is 18.0 Å². The Hall–Kier alpha value is -1.18. The number of nitrogens with zero attached hydrogens (tertiary/aromatic N) is 5. The highest BCUT2D eigenvalue weighted by Gasteiger charge is 2.26. The van der Waals surface area contributed by atoms with Crippen LogP contribution in [0.4, 0.5) is 11.9 Å². The molecule has 1 unspecified atom stereocenters. The molecule has 0 radical (unpaired) electrons. The van der Waals surface area contributed by atoms with E-state index in [1.165, 1.54) is 0 Å². The molecule has 0 N–H and O–H groups in total. The first-order valence-corrected chi connectivity index (χ1v) is 7.16. The molecule has 0 aliphatic carbocycles. The number of rotatable bonds is 3. The monoisotopic (exact) mass is 299 g/mol. The van der Waals surface area contributed by atoms with Gasteiger partial charge in [0.05, 0.1) is 19.3 Å². The summed E-state index contributed by atoms with van der Waals surface area (Å²) in [5, 5.41) is 0.234. The molecular formula is C12H18ClN5O2. The minimum Gasteiger partial charge on any atom is -0.380 e. The first-order valence-electron chi connectivity index (χ1n) is 6.78. The summed E-state index contributed by atoms with van der Waals surface area (Å²) in [7, 11) is 1.73. The van der Waals surface area contributed by atoms with Gasteiger partial charge in [0.15, 0.2) is 0 Å². The molecule has 7 nitrogen and oxygen atoms in total. The fourth-order valence-electron chi connectivity index (χ4n) is 2.48. The van der Waals surface area contributed by atoms with Gasteiger partial charge in [-0.15, -0.1) is 0 Å². The average Bonchev–Trinajstić information content (AvgIpc) is 2.96. The number of morpholine rings is 1. The Balaban J connectivity index is 1.79. The van der Waals surface area contributed by atoms with Gasteiger partial charge in [0.25, 0.3) is 0 Å². The molecule has 20 heavy (non-hydrogen) atoms. The van der Waals surface area contributed by atoms with Crippen molar-refractivity contribution in [3.05, 3.63) is 5.28 Å². The van der Waals surface area contributed by atoms with E-state index in [1.54, 1.807) is 7.11 Å². The highest BCUT2D eigenvalue weighted by atomic mass is 35.5. The third-order valence-electron chi connectivity index (χ3n) is 3.64. The van der Waals surface area contributed by atoms with Crippen molar-refractivity contribution in [2.45, 2.75) is 12.5 Å². The average molecular weight is 300 g/mol. The molecule has 0 spiro atoms. The molecule has 2 aliphatic heterocycles. The molecule has 2 fully saturated rings. The van der Waals surface area contributed by atoms with Crippen LogP contribution in [0.15, 0.2) is 0 Å². The lowest BCUT2D eigenvalue weighted by atomic mass is 10.3. The Bertz CT molecular complexity index is 469. The van der Waals surface area contributed by atoms with Crippen molar-refractivity contribution >= 4 is 23.5 Å². The van der Waals surface area contributed by atoms with Gasteiger partial charge in [0.2, 0.25) is 17.2 Å².